The fourth-order valence-electron chi connectivity index (χ4n) is 2.33. The molecule has 0 aromatic heterocycles. The van der Waals surface area contributed by atoms with Crippen molar-refractivity contribution in [1.29, 1.82) is 0 Å². The SMILES string of the molecule is C=C(C)C(=O)OCCc1ccc(OC(O)/C=C/c2ccc(OC(=O)C(=C)C)cc2)cc1. The Balaban J connectivity index is 1.82. The second kappa shape index (κ2) is 11.5. The minimum absolute atomic E-state index is 0.266. The number of aliphatic hydroxyl groups excluding tert-OH is 1. The highest BCUT2D eigenvalue weighted by Gasteiger charge is 2.06. The van der Waals surface area contributed by atoms with Crippen LogP contribution in [0.5, 0.6) is 11.5 Å². The molecule has 0 fully saturated rings. The maximum atomic E-state index is 11.5. The van der Waals surface area contributed by atoms with Gasteiger partial charge in [-0.15, -0.1) is 0 Å². The van der Waals surface area contributed by atoms with Crippen molar-refractivity contribution in [3.63, 3.8) is 0 Å². The summed E-state index contributed by atoms with van der Waals surface area (Å²) < 4.78 is 15.7. The normalized spacial score (nSPS) is 11.6. The highest BCUT2D eigenvalue weighted by molar-refractivity contribution is 5.88. The van der Waals surface area contributed by atoms with E-state index >= 15 is 0 Å². The van der Waals surface area contributed by atoms with Gasteiger partial charge < -0.3 is 19.3 Å². The molecule has 2 aromatic rings. The molecule has 2 rings (SSSR count). The summed E-state index contributed by atoms with van der Waals surface area (Å²) in [7, 11) is 0. The lowest BCUT2D eigenvalue weighted by Gasteiger charge is -2.11. The molecule has 0 saturated heterocycles. The van der Waals surface area contributed by atoms with Crippen molar-refractivity contribution >= 4 is 18.0 Å². The highest BCUT2D eigenvalue weighted by atomic mass is 16.6. The fourth-order valence-corrected chi connectivity index (χ4v) is 2.33. The summed E-state index contributed by atoms with van der Waals surface area (Å²) in [4.78, 5) is 22.9. The Kier molecular flexibility index (Phi) is 8.78. The molecule has 0 spiro atoms. The minimum atomic E-state index is -1.14. The fraction of sp³-hybridized carbons (Fsp3) is 0.200. The minimum Gasteiger partial charge on any atom is -0.462 e. The summed E-state index contributed by atoms with van der Waals surface area (Å²) >= 11 is 0. The number of benzene rings is 2. The molecule has 0 amide bonds. The van der Waals surface area contributed by atoms with E-state index in [1.807, 2.05) is 12.1 Å². The Morgan fingerprint density at radius 2 is 1.52 bits per heavy atom. The van der Waals surface area contributed by atoms with E-state index in [4.69, 9.17) is 14.2 Å². The molecular weight excluding hydrogens is 396 g/mol. The Morgan fingerprint density at radius 1 is 0.935 bits per heavy atom. The van der Waals surface area contributed by atoms with Crippen LogP contribution in [0.3, 0.4) is 0 Å². The Hall–Kier alpha value is -3.64. The number of hydrogen-bond donors (Lipinski definition) is 1. The maximum Gasteiger partial charge on any atom is 0.338 e. The van der Waals surface area contributed by atoms with Crippen LogP contribution >= 0.6 is 0 Å². The number of esters is 2. The number of carbonyl (C=O) groups is 2. The molecule has 0 aliphatic carbocycles. The van der Waals surface area contributed by atoms with E-state index in [0.29, 0.717) is 29.1 Å². The average molecular weight is 422 g/mol. The number of rotatable bonds is 10. The van der Waals surface area contributed by atoms with Gasteiger partial charge in [0.15, 0.2) is 0 Å². The Bertz CT molecular complexity index is 955. The number of ether oxygens (including phenoxy) is 3. The standard InChI is InChI=1S/C25H26O6/c1-17(2)24(27)29-16-15-20-7-10-21(11-8-20)30-23(26)14-9-19-5-12-22(13-6-19)31-25(28)18(3)4/h5-14,23,26H,1,3,15-16H2,2,4H3/b14-9+. The van der Waals surface area contributed by atoms with Gasteiger partial charge in [-0.2, -0.15) is 0 Å². The summed E-state index contributed by atoms with van der Waals surface area (Å²) in [6.07, 6.45) is 2.63. The van der Waals surface area contributed by atoms with E-state index in [0.717, 1.165) is 11.1 Å². The second-order valence-corrected chi connectivity index (χ2v) is 6.92. The zero-order valence-corrected chi connectivity index (χ0v) is 17.7. The molecule has 2 aromatic carbocycles. The molecule has 162 valence electrons. The molecule has 1 N–H and O–H groups in total. The first kappa shape index (κ1) is 23.6. The quantitative estimate of drug-likeness (QED) is 0.267. The third-order valence-electron chi connectivity index (χ3n) is 4.04. The Morgan fingerprint density at radius 3 is 2.10 bits per heavy atom. The van der Waals surface area contributed by atoms with E-state index < -0.39 is 18.2 Å². The molecule has 6 heteroatoms. The average Bonchev–Trinajstić information content (AvgIpc) is 2.74. The molecule has 0 saturated carbocycles. The van der Waals surface area contributed by atoms with Gasteiger partial charge in [0.2, 0.25) is 6.29 Å². The van der Waals surface area contributed by atoms with Gasteiger partial charge >= 0.3 is 11.9 Å². The van der Waals surface area contributed by atoms with E-state index in [1.54, 1.807) is 56.3 Å². The van der Waals surface area contributed by atoms with Crippen molar-refractivity contribution in [2.24, 2.45) is 0 Å². The zero-order valence-electron chi connectivity index (χ0n) is 17.7. The van der Waals surface area contributed by atoms with Crippen molar-refractivity contribution < 1.29 is 28.9 Å². The van der Waals surface area contributed by atoms with E-state index in [1.165, 1.54) is 6.08 Å². The van der Waals surface area contributed by atoms with Crippen LogP contribution in [0.25, 0.3) is 6.08 Å². The topological polar surface area (TPSA) is 82.1 Å². The van der Waals surface area contributed by atoms with E-state index in [-0.39, 0.29) is 6.61 Å². The molecule has 1 atom stereocenters. The van der Waals surface area contributed by atoms with Gasteiger partial charge in [0, 0.05) is 17.6 Å². The predicted molar refractivity (Wildman–Crippen MR) is 118 cm³/mol. The number of aliphatic hydroxyl groups is 1. The van der Waals surface area contributed by atoms with Gasteiger partial charge in [-0.1, -0.05) is 43.5 Å². The van der Waals surface area contributed by atoms with Crippen LogP contribution in [0.1, 0.15) is 25.0 Å². The first-order valence-corrected chi connectivity index (χ1v) is 9.67. The van der Waals surface area contributed by atoms with Crippen LogP contribution in [0.2, 0.25) is 0 Å². The predicted octanol–water partition coefficient (Wildman–Crippen LogP) is 4.24. The van der Waals surface area contributed by atoms with Crippen molar-refractivity contribution in [2.75, 3.05) is 6.61 Å². The van der Waals surface area contributed by atoms with E-state index in [2.05, 4.69) is 13.2 Å². The van der Waals surface area contributed by atoms with Gasteiger partial charge in [0.25, 0.3) is 0 Å². The summed E-state index contributed by atoms with van der Waals surface area (Å²) in [5.74, 6) is 0.0294. The second-order valence-electron chi connectivity index (χ2n) is 6.92. The highest BCUT2D eigenvalue weighted by Crippen LogP contribution is 2.17. The zero-order chi connectivity index (χ0) is 22.8. The van der Waals surface area contributed by atoms with Crippen molar-refractivity contribution in [3.05, 3.63) is 90.0 Å². The van der Waals surface area contributed by atoms with Gasteiger partial charge in [-0.3, -0.25) is 0 Å². The molecule has 1 unspecified atom stereocenters. The van der Waals surface area contributed by atoms with Crippen molar-refractivity contribution in [2.45, 2.75) is 26.6 Å². The molecule has 0 radical (unpaired) electrons. The smallest absolute Gasteiger partial charge is 0.338 e. The lowest BCUT2D eigenvalue weighted by atomic mass is 10.1. The third kappa shape index (κ3) is 8.32. The van der Waals surface area contributed by atoms with Crippen LogP contribution in [0.15, 0.2) is 78.9 Å². The van der Waals surface area contributed by atoms with Crippen LogP contribution in [0.4, 0.5) is 0 Å². The summed E-state index contributed by atoms with van der Waals surface area (Å²) in [5.41, 5.74) is 2.47. The molecule has 31 heavy (non-hydrogen) atoms. The first-order valence-electron chi connectivity index (χ1n) is 9.67. The molecule has 0 aliphatic heterocycles. The lowest BCUT2D eigenvalue weighted by molar-refractivity contribution is -0.138. The van der Waals surface area contributed by atoms with Crippen LogP contribution in [-0.4, -0.2) is 29.9 Å². The maximum absolute atomic E-state index is 11.5. The first-order chi connectivity index (χ1) is 14.7. The molecule has 0 aliphatic rings. The number of carbonyl (C=O) groups excluding carboxylic acids is 2. The monoisotopic (exact) mass is 422 g/mol. The summed E-state index contributed by atoms with van der Waals surface area (Å²) in [6.45, 7) is 10.5. The van der Waals surface area contributed by atoms with Gasteiger partial charge in [0.05, 0.1) is 6.61 Å². The van der Waals surface area contributed by atoms with Crippen LogP contribution in [0, 0.1) is 0 Å². The van der Waals surface area contributed by atoms with Gasteiger partial charge in [-0.05, 0) is 55.3 Å². The molecule has 6 nitrogen and oxygen atoms in total. The van der Waals surface area contributed by atoms with Gasteiger partial charge in [-0.25, -0.2) is 9.59 Å². The van der Waals surface area contributed by atoms with E-state index in [9.17, 15) is 14.7 Å². The van der Waals surface area contributed by atoms with Crippen molar-refractivity contribution in [3.8, 4) is 11.5 Å². The molecule has 0 heterocycles. The van der Waals surface area contributed by atoms with Crippen LogP contribution in [-0.2, 0) is 20.7 Å². The van der Waals surface area contributed by atoms with Crippen molar-refractivity contribution in [1.82, 2.24) is 0 Å². The molecule has 0 bridgehead atoms. The third-order valence-corrected chi connectivity index (χ3v) is 4.04. The number of hydrogen-bond acceptors (Lipinski definition) is 6. The Labute approximate surface area is 182 Å². The lowest BCUT2D eigenvalue weighted by Crippen LogP contribution is -2.12. The van der Waals surface area contributed by atoms with Gasteiger partial charge in [0.1, 0.15) is 11.5 Å². The molecular formula is C25H26O6. The summed E-state index contributed by atoms with van der Waals surface area (Å²) in [5, 5.41) is 10.1. The summed E-state index contributed by atoms with van der Waals surface area (Å²) in [6, 6.07) is 14.0. The van der Waals surface area contributed by atoms with Crippen LogP contribution < -0.4 is 9.47 Å². The largest absolute Gasteiger partial charge is 0.462 e.